The maximum atomic E-state index is 9.67. The average molecular weight is 457 g/mol. The second-order valence-electron chi connectivity index (χ2n) is 8.33. The molecular weight excluding hydrogens is 404 g/mol. The zero-order chi connectivity index (χ0) is 20.9. The van der Waals surface area contributed by atoms with E-state index in [1.807, 2.05) is 0 Å². The fourth-order valence-corrected chi connectivity index (χ4v) is 3.69. The Balaban J connectivity index is -0.00000364. The number of nitrogens with one attached hydrogen (secondary N) is 1. The van der Waals surface area contributed by atoms with E-state index in [9.17, 15) is 5.11 Å². The summed E-state index contributed by atoms with van der Waals surface area (Å²) < 4.78 is 0. The van der Waals surface area contributed by atoms with Crippen LogP contribution in [0.25, 0.3) is 0 Å². The second-order valence-corrected chi connectivity index (χ2v) is 8.33. The number of aliphatic hydroxyl groups is 4. The number of unbranched alkanes of at least 4 members (excludes halogenated alkanes) is 15. The number of aliphatic hydroxyl groups excluding tert-OH is 3. The highest BCUT2D eigenvalue weighted by atomic mass is 35.5. The van der Waals surface area contributed by atoms with Crippen molar-refractivity contribution in [1.82, 2.24) is 11.5 Å². The van der Waals surface area contributed by atoms with Gasteiger partial charge in [-0.15, -0.1) is 12.4 Å². The van der Waals surface area contributed by atoms with Gasteiger partial charge < -0.3 is 31.9 Å². The molecule has 186 valence electrons. The highest BCUT2D eigenvalue weighted by molar-refractivity contribution is 5.85. The van der Waals surface area contributed by atoms with Crippen LogP contribution in [0.2, 0.25) is 0 Å². The van der Waals surface area contributed by atoms with Crippen molar-refractivity contribution >= 4 is 12.4 Å². The zero-order valence-corrected chi connectivity index (χ0v) is 20.4. The molecule has 2 atom stereocenters. The summed E-state index contributed by atoms with van der Waals surface area (Å²) in [5.41, 5.74) is 0. The van der Waals surface area contributed by atoms with Gasteiger partial charge in [0.05, 0.1) is 12.7 Å². The minimum atomic E-state index is -1.47. The summed E-state index contributed by atoms with van der Waals surface area (Å²) in [5.74, 6) is 0. The van der Waals surface area contributed by atoms with Gasteiger partial charge in [0.25, 0.3) is 0 Å². The highest BCUT2D eigenvalue weighted by Gasteiger charge is 2.20. The highest BCUT2D eigenvalue weighted by Crippen LogP contribution is 2.13. The van der Waals surface area contributed by atoms with E-state index in [0.717, 1.165) is 19.4 Å². The lowest BCUT2D eigenvalue weighted by Gasteiger charge is -2.23. The fourth-order valence-electron chi connectivity index (χ4n) is 3.69. The van der Waals surface area contributed by atoms with Gasteiger partial charge in [-0.05, 0) is 13.0 Å². The molecule has 0 aromatic heterocycles. The Kier molecular flexibility index (Phi) is 31.3. The van der Waals surface area contributed by atoms with Crippen molar-refractivity contribution in [3.63, 3.8) is 0 Å². The summed E-state index contributed by atoms with van der Waals surface area (Å²) in [5, 5.41) is 39.9. The summed E-state index contributed by atoms with van der Waals surface area (Å²) >= 11 is 0. The number of rotatable bonds is 22. The van der Waals surface area contributed by atoms with Crippen LogP contribution < -0.4 is 11.5 Å². The van der Waals surface area contributed by atoms with Crippen molar-refractivity contribution in [3.05, 3.63) is 0 Å². The summed E-state index contributed by atoms with van der Waals surface area (Å²) in [6.45, 7) is 2.63. The van der Waals surface area contributed by atoms with Crippen molar-refractivity contribution in [1.29, 1.82) is 0 Å². The van der Waals surface area contributed by atoms with Gasteiger partial charge in [0, 0.05) is 12.5 Å². The molecule has 0 fully saturated rings. The molecule has 0 aliphatic rings. The molecule has 6 nitrogen and oxygen atoms in total. The minimum absolute atomic E-state index is 0. The first kappa shape index (κ1) is 34.7. The maximum absolute atomic E-state index is 9.67. The van der Waals surface area contributed by atoms with Crippen LogP contribution in [0.4, 0.5) is 0 Å². The molecule has 2 unspecified atom stereocenters. The third-order valence-electron chi connectivity index (χ3n) is 5.55. The molecule has 0 bridgehead atoms. The van der Waals surface area contributed by atoms with Gasteiger partial charge in [0.15, 0.2) is 6.29 Å². The van der Waals surface area contributed by atoms with Crippen molar-refractivity contribution in [2.75, 3.05) is 13.2 Å². The lowest BCUT2D eigenvalue weighted by molar-refractivity contribution is -0.0654. The first-order chi connectivity index (χ1) is 13.6. The Morgan fingerprint density at radius 1 is 0.633 bits per heavy atom. The molecule has 0 radical (unpaired) electrons. The smallest absolute Gasteiger partial charge is 0.153 e. The van der Waals surface area contributed by atoms with Crippen LogP contribution in [0, 0.1) is 0 Å². The van der Waals surface area contributed by atoms with Crippen molar-refractivity contribution < 1.29 is 20.4 Å². The predicted octanol–water partition coefficient (Wildman–Crippen LogP) is 4.84. The molecule has 0 amide bonds. The topological polar surface area (TPSA) is 128 Å². The molecule has 30 heavy (non-hydrogen) atoms. The average Bonchev–Trinajstić information content (AvgIpc) is 2.68. The monoisotopic (exact) mass is 456 g/mol. The molecule has 0 heterocycles. The lowest BCUT2D eigenvalue weighted by Crippen LogP contribution is -2.44. The Hall–Kier alpha value is 0.0500. The first-order valence-electron chi connectivity index (χ1n) is 12.0. The molecule has 0 aromatic rings. The van der Waals surface area contributed by atoms with Crippen LogP contribution in [0.1, 0.15) is 116 Å². The van der Waals surface area contributed by atoms with Crippen LogP contribution in [0.3, 0.4) is 0 Å². The van der Waals surface area contributed by atoms with E-state index >= 15 is 0 Å². The normalized spacial score (nSPS) is 13.0. The van der Waals surface area contributed by atoms with Gasteiger partial charge in [0.2, 0.25) is 0 Å². The molecule has 0 saturated carbocycles. The summed E-state index contributed by atoms with van der Waals surface area (Å²) in [7, 11) is 0. The van der Waals surface area contributed by atoms with E-state index in [1.165, 1.54) is 89.9 Å². The molecule has 7 heteroatoms. The Morgan fingerprint density at radius 3 is 1.33 bits per heavy atom. The zero-order valence-electron chi connectivity index (χ0n) is 19.6. The first-order valence-corrected chi connectivity index (χ1v) is 12.0. The van der Waals surface area contributed by atoms with Crippen LogP contribution in [0.15, 0.2) is 0 Å². The molecular formula is C23H53ClN2O4. The predicted molar refractivity (Wildman–Crippen MR) is 130 cm³/mol. The van der Waals surface area contributed by atoms with Gasteiger partial charge in [-0.1, -0.05) is 103 Å². The number of hydrogen-bond donors (Lipinski definition) is 6. The lowest BCUT2D eigenvalue weighted by atomic mass is 10.0. The molecule has 0 spiro atoms. The quantitative estimate of drug-likeness (QED) is 0.102. The number of hydrogen-bond acceptors (Lipinski definition) is 6. The SMILES string of the molecule is CCCCCCCCCCCCCCCCCCNC(CC(O)O)C(O)CO.Cl.N. The van der Waals surface area contributed by atoms with E-state index in [2.05, 4.69) is 12.2 Å². The molecule has 0 aliphatic carbocycles. The summed E-state index contributed by atoms with van der Waals surface area (Å²) in [6, 6.07) is -0.471. The van der Waals surface area contributed by atoms with Gasteiger partial charge in [-0.25, -0.2) is 0 Å². The van der Waals surface area contributed by atoms with Gasteiger partial charge in [-0.2, -0.15) is 0 Å². The third kappa shape index (κ3) is 24.3. The van der Waals surface area contributed by atoms with Crippen LogP contribution in [-0.4, -0.2) is 52.0 Å². The van der Waals surface area contributed by atoms with E-state index in [-0.39, 0.29) is 31.6 Å². The number of halogens is 1. The van der Waals surface area contributed by atoms with E-state index < -0.39 is 18.4 Å². The minimum Gasteiger partial charge on any atom is -0.394 e. The van der Waals surface area contributed by atoms with Gasteiger partial charge in [-0.3, -0.25) is 0 Å². The van der Waals surface area contributed by atoms with Crippen LogP contribution in [0.5, 0.6) is 0 Å². The summed E-state index contributed by atoms with van der Waals surface area (Å²) in [4.78, 5) is 0. The largest absolute Gasteiger partial charge is 0.394 e. The van der Waals surface area contributed by atoms with Gasteiger partial charge >= 0.3 is 0 Å². The Morgan fingerprint density at radius 2 is 1.00 bits per heavy atom. The molecule has 8 N–H and O–H groups in total. The molecule has 0 rings (SSSR count). The third-order valence-corrected chi connectivity index (χ3v) is 5.55. The van der Waals surface area contributed by atoms with E-state index in [0.29, 0.717) is 0 Å². The molecule has 0 saturated heterocycles. The molecule has 0 aliphatic heterocycles. The van der Waals surface area contributed by atoms with Crippen molar-refractivity contribution in [3.8, 4) is 0 Å². The van der Waals surface area contributed by atoms with Crippen LogP contribution in [-0.2, 0) is 0 Å². The Labute approximate surface area is 192 Å². The Bertz CT molecular complexity index is 313. The van der Waals surface area contributed by atoms with E-state index in [1.54, 1.807) is 0 Å². The van der Waals surface area contributed by atoms with Crippen LogP contribution >= 0.6 is 12.4 Å². The maximum Gasteiger partial charge on any atom is 0.153 e. The molecule has 0 aromatic carbocycles. The van der Waals surface area contributed by atoms with Gasteiger partial charge in [0.1, 0.15) is 0 Å². The van der Waals surface area contributed by atoms with Crippen molar-refractivity contribution in [2.24, 2.45) is 0 Å². The van der Waals surface area contributed by atoms with Crippen molar-refractivity contribution in [2.45, 2.75) is 135 Å². The van der Waals surface area contributed by atoms with E-state index in [4.69, 9.17) is 15.3 Å². The second kappa shape index (κ2) is 27.1. The summed E-state index contributed by atoms with van der Waals surface area (Å²) in [6.07, 6.45) is 19.0. The fraction of sp³-hybridized carbons (Fsp3) is 1.00. The standard InChI is InChI=1S/C23H49NO4.ClH.H3N/c1-2-3-4-5-6-7-8-9-10-11-12-13-14-15-16-17-18-24-21(19-23(27)28)22(26)20-25;;/h21-28H,2-20H2,1H3;1H;1H3.